The van der Waals surface area contributed by atoms with Gasteiger partial charge in [-0.1, -0.05) is 136 Å². The monoisotopic (exact) mass is 1610 g/mol. The molecular weight excluding hydrogens is 1420 g/mol. The van der Waals surface area contributed by atoms with Crippen LogP contribution in [0.3, 0.4) is 0 Å². The summed E-state index contributed by atoms with van der Waals surface area (Å²) < 4.78 is 132. The fourth-order valence-electron chi connectivity index (χ4n) is 2.45. The van der Waals surface area contributed by atoms with Gasteiger partial charge in [-0.15, -0.1) is 52.6 Å². The van der Waals surface area contributed by atoms with E-state index in [-0.39, 0.29) is 11.7 Å². The number of rotatable bonds is 9. The highest BCUT2D eigenvalue weighted by Gasteiger charge is 2.03. The summed E-state index contributed by atoms with van der Waals surface area (Å²) >= 11 is 0. The highest BCUT2D eigenvalue weighted by atomic mass is 19.2. The van der Waals surface area contributed by atoms with Gasteiger partial charge in [0.2, 0.25) is 0 Å². The third-order valence-corrected chi connectivity index (χ3v) is 12.4. The average Bonchev–Trinajstić information content (AvgIpc) is 1.00. The normalized spacial score (nSPS) is 11.2. The molecule has 0 aromatic rings. The van der Waals surface area contributed by atoms with E-state index in [4.69, 9.17) is 0 Å². The van der Waals surface area contributed by atoms with Gasteiger partial charge in [-0.05, 0) is 396 Å². The first-order chi connectivity index (χ1) is 50.4. The minimum Gasteiger partial charge on any atom is -0.243 e. The fraction of sp³-hybridized carbons (Fsp3) is 0.584. The zero-order valence-corrected chi connectivity index (χ0v) is 83.4. The number of halogens is 11. The molecule has 0 aromatic carbocycles. The largest absolute Gasteiger partial charge is 0.243 e. The van der Waals surface area contributed by atoms with E-state index in [9.17, 15) is 48.3 Å². The molecule has 0 saturated heterocycles. The lowest BCUT2D eigenvalue weighted by atomic mass is 10.1. The molecule has 0 rings (SSSR count). The van der Waals surface area contributed by atoms with Crippen molar-refractivity contribution in [2.75, 3.05) is 0 Å². The van der Waals surface area contributed by atoms with E-state index in [0.29, 0.717) is 11.1 Å². The lowest BCUT2D eigenvalue weighted by Gasteiger charge is -2.02. The van der Waals surface area contributed by atoms with Crippen molar-refractivity contribution in [1.82, 2.24) is 0 Å². The lowest BCUT2D eigenvalue weighted by molar-refractivity contribution is 0.408. The Balaban J connectivity index is -0.0000000412. The first-order valence-corrected chi connectivity index (χ1v) is 38.4. The second kappa shape index (κ2) is 131. The van der Waals surface area contributed by atoms with Gasteiger partial charge in [-0.25, -0.2) is 48.3 Å². The third-order valence-electron chi connectivity index (χ3n) is 12.4. The summed E-state index contributed by atoms with van der Waals surface area (Å²) in [4.78, 5) is 0. The maximum atomic E-state index is 12.3. The van der Waals surface area contributed by atoms with Gasteiger partial charge < -0.3 is 0 Å². The van der Waals surface area contributed by atoms with Crippen LogP contribution in [0.4, 0.5) is 48.3 Å². The molecule has 0 fully saturated rings. The van der Waals surface area contributed by atoms with Gasteiger partial charge in [0, 0.05) is 0 Å². The molecule has 0 amide bonds. The molecule has 0 aromatic heterocycles. The fourth-order valence-corrected chi connectivity index (χ4v) is 2.45. The molecule has 0 bridgehead atoms. The Morgan fingerprint density at radius 3 is 0.286 bits per heavy atom. The van der Waals surface area contributed by atoms with Crippen LogP contribution in [-0.2, 0) is 0 Å². The maximum Gasteiger partial charge on any atom is 0.118 e. The molecule has 112 heavy (non-hydrogen) atoms. The lowest BCUT2D eigenvalue weighted by Crippen LogP contribution is -1.95. The summed E-state index contributed by atoms with van der Waals surface area (Å²) in [5.41, 5.74) is 17.6. The topological polar surface area (TPSA) is 0 Å². The van der Waals surface area contributed by atoms with Gasteiger partial charge in [0.1, 0.15) is 55.5 Å². The van der Waals surface area contributed by atoms with Gasteiger partial charge >= 0.3 is 0 Å². The van der Waals surface area contributed by atoms with Crippen molar-refractivity contribution in [2.45, 2.75) is 402 Å². The molecule has 0 spiro atoms. The molecule has 11 heteroatoms. The highest BCUT2D eigenvalue weighted by Crippen LogP contribution is 2.13. The van der Waals surface area contributed by atoms with Crippen LogP contribution in [0.1, 0.15) is 346 Å². The van der Waals surface area contributed by atoms with E-state index in [1.807, 2.05) is 201 Å². The Kier molecular flexibility index (Phi) is 189. The summed E-state index contributed by atoms with van der Waals surface area (Å²) in [5, 5.41) is 0. The molecule has 0 heterocycles. The van der Waals surface area contributed by atoms with Crippen molar-refractivity contribution >= 4 is 0 Å². The minimum absolute atomic E-state index is 0.120. The van der Waals surface area contributed by atoms with Crippen LogP contribution in [0.15, 0.2) is 251 Å². The summed E-state index contributed by atoms with van der Waals surface area (Å²) in [7, 11) is 0. The van der Waals surface area contributed by atoms with Crippen LogP contribution >= 0.6 is 0 Å². The second-order valence-corrected chi connectivity index (χ2v) is 27.1. The first kappa shape index (κ1) is 162. The summed E-state index contributed by atoms with van der Waals surface area (Å²) in [6.45, 7) is 125. The minimum atomic E-state index is -0.843. The van der Waals surface area contributed by atoms with Crippen molar-refractivity contribution < 1.29 is 48.3 Å². The van der Waals surface area contributed by atoms with Crippen molar-refractivity contribution in [3.63, 3.8) is 0 Å². The molecule has 9 atom stereocenters. The van der Waals surface area contributed by atoms with Gasteiger partial charge in [0.15, 0.2) is 0 Å². The zero-order valence-electron chi connectivity index (χ0n) is 83.4. The Bertz CT molecular complexity index is 2120. The summed E-state index contributed by atoms with van der Waals surface area (Å²) in [6, 6.07) is 0. The molecule has 0 saturated carbocycles. The third kappa shape index (κ3) is 287. The van der Waals surface area contributed by atoms with Gasteiger partial charge in [0.05, 0.1) is 11.7 Å². The van der Waals surface area contributed by atoms with E-state index in [0.717, 1.165) is 66.9 Å². The smallest absolute Gasteiger partial charge is 0.118 e. The summed E-state index contributed by atoms with van der Waals surface area (Å²) in [5.74, 6) is -0.241. The van der Waals surface area contributed by atoms with Gasteiger partial charge in [0.25, 0.3) is 0 Å². The van der Waals surface area contributed by atoms with Crippen LogP contribution in [0, 0.1) is 0 Å². The van der Waals surface area contributed by atoms with Gasteiger partial charge in [-0.2, -0.15) is 0 Å². The zero-order chi connectivity index (χ0) is 96.2. The van der Waals surface area contributed by atoms with Gasteiger partial charge in [-0.3, -0.25) is 0 Å². The number of allylic oxidation sites excluding steroid dienone is 32. The molecule has 0 N–H and O–H groups in total. The van der Waals surface area contributed by atoms with E-state index in [1.54, 1.807) is 125 Å². The molecular formula is C101H191F11. The Morgan fingerprint density at radius 2 is 0.286 bits per heavy atom. The summed E-state index contributed by atoms with van der Waals surface area (Å²) in [6.07, 6.45) is 13.9. The van der Waals surface area contributed by atoms with Crippen LogP contribution < -0.4 is 0 Å². The Labute approximate surface area is 697 Å². The van der Waals surface area contributed by atoms with E-state index >= 15 is 0 Å². The maximum absolute atomic E-state index is 12.3. The Hall–Kier alpha value is -6.23. The van der Waals surface area contributed by atoms with Crippen molar-refractivity contribution in [2.24, 2.45) is 0 Å². The molecule has 0 aliphatic heterocycles. The molecule has 0 aliphatic carbocycles. The van der Waals surface area contributed by atoms with E-state index < -0.39 is 55.5 Å². The first-order valence-electron chi connectivity index (χ1n) is 38.4. The number of hydrogen-bond acceptors (Lipinski definition) is 0. The molecule has 9 unspecified atom stereocenters. The predicted octanol–water partition coefficient (Wildman–Crippen LogP) is 40.0. The molecule has 0 aliphatic rings. The quantitative estimate of drug-likeness (QED) is 0.159. The van der Waals surface area contributed by atoms with Crippen LogP contribution in [0.2, 0.25) is 0 Å². The standard InChI is InChI=1S/5C7H13F.2C6H11F.2C5H9F.2C5H10.2C4H7F.2C4H8.6C3H6/c5*1-5(2)6(3)7(4)8;2*1-4-5(2)6(3)7;2*1-4(2)5(3)6;2*1-4-5(2)3;2*1-3-4(2)5;2*1-4(2)3;6*1-3-2/h5*7H,1-4H3;2*4,6H,1-3H3;2*5H,1H2,2-3H3;2*4H,1-3H3;2*3H,1-2H3;2*1H2,2-3H3;6*3H,1H2,2H3/b;;;;;5-4+;5-4-;;;;;2*4-3-;;;;;;;;. The number of hydrogen-bond donors (Lipinski definition) is 0. The predicted molar refractivity (Wildman–Crippen MR) is 511 cm³/mol. The average molecular weight is 1610 g/mol. The molecule has 672 valence electrons. The Morgan fingerprint density at radius 1 is 0.205 bits per heavy atom. The highest BCUT2D eigenvalue weighted by molar-refractivity contribution is 5.13. The second-order valence-electron chi connectivity index (χ2n) is 27.1. The molecule has 0 radical (unpaired) electrons. The van der Waals surface area contributed by atoms with E-state index in [1.165, 1.54) is 76.0 Å². The van der Waals surface area contributed by atoms with Crippen LogP contribution in [0.5, 0.6) is 0 Å². The van der Waals surface area contributed by atoms with E-state index in [2.05, 4.69) is 106 Å². The number of alkyl halides is 9. The van der Waals surface area contributed by atoms with Crippen LogP contribution in [-0.4, -0.2) is 55.5 Å². The van der Waals surface area contributed by atoms with Crippen molar-refractivity contribution in [3.8, 4) is 0 Å². The van der Waals surface area contributed by atoms with Crippen LogP contribution in [0.25, 0.3) is 0 Å². The van der Waals surface area contributed by atoms with Crippen molar-refractivity contribution in [3.05, 3.63) is 251 Å². The molecule has 0 nitrogen and oxygen atoms in total. The van der Waals surface area contributed by atoms with Crippen molar-refractivity contribution in [1.29, 1.82) is 0 Å². The SMILES string of the molecule is C/C=C(/C)C(C)F.C/C=C(/C)F.C/C=C(/C)F.C/C=C(\C)C(C)F.C=C(C)C.C=C(C)C.C=C(C)C(C)F.C=C(C)C(C)F.C=CC.C=CC.C=CC.C=CC.C=CC.C=CC.CC(C)=C(C)C(C)F.CC(C)=C(C)C(C)F.CC(C)=C(C)C(C)F.CC(C)=C(C)C(C)F.CC(C)=C(C)C(C)F.CC=C(C)C.CC=C(C)C.